The van der Waals surface area contributed by atoms with Crippen LogP contribution in [-0.4, -0.2) is 42.7 Å². The van der Waals surface area contributed by atoms with Gasteiger partial charge in [-0.15, -0.1) is 11.8 Å². The van der Waals surface area contributed by atoms with Gasteiger partial charge in [-0.1, -0.05) is 17.7 Å². The Labute approximate surface area is 140 Å². The van der Waals surface area contributed by atoms with E-state index in [4.69, 9.17) is 11.6 Å². The first kappa shape index (κ1) is 17.6. The minimum Gasteiger partial charge on any atom is -0.355 e. The Bertz CT molecular complexity index is 495. The van der Waals surface area contributed by atoms with Gasteiger partial charge < -0.3 is 10.2 Å². The zero-order valence-electron chi connectivity index (χ0n) is 12.6. The average Bonchev–Trinajstić information content (AvgIpc) is 2.99. The van der Waals surface area contributed by atoms with Gasteiger partial charge in [-0.25, -0.2) is 4.39 Å². The van der Waals surface area contributed by atoms with Crippen molar-refractivity contribution in [2.75, 3.05) is 31.9 Å². The summed E-state index contributed by atoms with van der Waals surface area (Å²) in [5.74, 6) is 0.530. The van der Waals surface area contributed by atoms with Crippen LogP contribution in [0.25, 0.3) is 0 Å². The number of halogens is 2. The smallest absolute Gasteiger partial charge is 0.230 e. The molecular formula is C16H22ClFN2OS. The molecule has 0 spiro atoms. The van der Waals surface area contributed by atoms with E-state index < -0.39 is 0 Å². The highest BCUT2D eigenvalue weighted by Gasteiger charge is 2.10. The molecule has 0 radical (unpaired) electrons. The van der Waals surface area contributed by atoms with Gasteiger partial charge in [0.15, 0.2) is 0 Å². The van der Waals surface area contributed by atoms with E-state index in [-0.39, 0.29) is 11.7 Å². The quantitative estimate of drug-likeness (QED) is 0.734. The number of benzene rings is 1. The summed E-state index contributed by atoms with van der Waals surface area (Å²) in [7, 11) is 0. The highest BCUT2D eigenvalue weighted by atomic mass is 35.5. The number of nitrogens with one attached hydrogen (secondary N) is 1. The molecule has 0 atom stereocenters. The standard InChI is InChI=1S/C16H22ClFN2OS/c17-14-5-4-13(15(18)10-14)11-22-12-16(21)19-6-3-9-20-7-1-2-8-20/h4-5,10H,1-3,6-9,11-12H2,(H,19,21). The van der Waals surface area contributed by atoms with E-state index in [9.17, 15) is 9.18 Å². The molecule has 1 aromatic carbocycles. The van der Waals surface area contributed by atoms with Crippen molar-refractivity contribution in [3.63, 3.8) is 0 Å². The molecule has 1 heterocycles. The van der Waals surface area contributed by atoms with Crippen LogP contribution in [0.1, 0.15) is 24.8 Å². The van der Waals surface area contributed by atoms with Crippen LogP contribution >= 0.6 is 23.4 Å². The van der Waals surface area contributed by atoms with Crippen molar-refractivity contribution < 1.29 is 9.18 Å². The zero-order valence-corrected chi connectivity index (χ0v) is 14.2. The van der Waals surface area contributed by atoms with E-state index in [1.807, 2.05) is 0 Å². The summed E-state index contributed by atoms with van der Waals surface area (Å²) in [6.07, 6.45) is 3.58. The number of amides is 1. The van der Waals surface area contributed by atoms with Crippen molar-refractivity contribution in [2.45, 2.75) is 25.0 Å². The molecule has 1 saturated heterocycles. The van der Waals surface area contributed by atoms with Crippen LogP contribution in [0.3, 0.4) is 0 Å². The second-order valence-electron chi connectivity index (χ2n) is 5.48. The molecular weight excluding hydrogens is 323 g/mol. The summed E-state index contributed by atoms with van der Waals surface area (Å²) in [6.45, 7) is 4.15. The molecule has 0 aliphatic carbocycles. The maximum atomic E-state index is 13.6. The maximum Gasteiger partial charge on any atom is 0.230 e. The molecule has 1 fully saturated rings. The molecule has 1 aliphatic rings. The first-order valence-corrected chi connectivity index (χ1v) is 9.19. The SMILES string of the molecule is O=C(CSCc1ccc(Cl)cc1F)NCCCN1CCCC1. The number of rotatable bonds is 8. The number of carbonyl (C=O) groups excluding carboxylic acids is 1. The van der Waals surface area contributed by atoms with Gasteiger partial charge in [0, 0.05) is 17.3 Å². The van der Waals surface area contributed by atoms with E-state index in [1.165, 1.54) is 43.8 Å². The lowest BCUT2D eigenvalue weighted by Crippen LogP contribution is -2.29. The van der Waals surface area contributed by atoms with Crippen molar-refractivity contribution in [2.24, 2.45) is 0 Å². The van der Waals surface area contributed by atoms with Gasteiger partial charge in [0.25, 0.3) is 0 Å². The van der Waals surface area contributed by atoms with E-state index in [0.717, 1.165) is 13.0 Å². The van der Waals surface area contributed by atoms with E-state index >= 15 is 0 Å². The van der Waals surface area contributed by atoms with Crippen LogP contribution in [0.5, 0.6) is 0 Å². The molecule has 1 N–H and O–H groups in total. The highest BCUT2D eigenvalue weighted by Crippen LogP contribution is 2.19. The van der Waals surface area contributed by atoms with Crippen molar-refractivity contribution >= 4 is 29.3 Å². The van der Waals surface area contributed by atoms with Crippen molar-refractivity contribution in [3.05, 3.63) is 34.6 Å². The van der Waals surface area contributed by atoms with Crippen LogP contribution in [0.15, 0.2) is 18.2 Å². The molecule has 2 rings (SSSR count). The summed E-state index contributed by atoms with van der Waals surface area (Å²) in [4.78, 5) is 14.1. The molecule has 0 unspecified atom stereocenters. The molecule has 6 heteroatoms. The van der Waals surface area contributed by atoms with E-state index in [1.54, 1.807) is 12.1 Å². The van der Waals surface area contributed by atoms with Gasteiger partial charge in [-0.3, -0.25) is 4.79 Å². The zero-order chi connectivity index (χ0) is 15.8. The molecule has 122 valence electrons. The molecule has 1 amide bonds. The second-order valence-corrected chi connectivity index (χ2v) is 6.90. The number of hydrogen-bond acceptors (Lipinski definition) is 3. The molecule has 0 aromatic heterocycles. The third-order valence-electron chi connectivity index (χ3n) is 3.68. The number of nitrogens with zero attached hydrogens (tertiary/aromatic N) is 1. The fraction of sp³-hybridized carbons (Fsp3) is 0.562. The second kappa shape index (κ2) is 9.38. The van der Waals surface area contributed by atoms with Crippen LogP contribution in [0, 0.1) is 5.82 Å². The third-order valence-corrected chi connectivity index (χ3v) is 4.89. The Kier molecular flexibility index (Phi) is 7.49. The molecule has 1 aromatic rings. The van der Waals surface area contributed by atoms with Gasteiger partial charge in [0.05, 0.1) is 5.75 Å². The highest BCUT2D eigenvalue weighted by molar-refractivity contribution is 7.99. The van der Waals surface area contributed by atoms with Gasteiger partial charge in [0.1, 0.15) is 5.82 Å². The fourth-order valence-electron chi connectivity index (χ4n) is 2.48. The normalized spacial score (nSPS) is 15.2. The van der Waals surface area contributed by atoms with Crippen LogP contribution in [0.4, 0.5) is 4.39 Å². The lowest BCUT2D eigenvalue weighted by atomic mass is 10.2. The molecule has 3 nitrogen and oxygen atoms in total. The lowest BCUT2D eigenvalue weighted by Gasteiger charge is -2.14. The summed E-state index contributed by atoms with van der Waals surface area (Å²) < 4.78 is 13.6. The Morgan fingerprint density at radius 3 is 2.86 bits per heavy atom. The monoisotopic (exact) mass is 344 g/mol. The van der Waals surface area contributed by atoms with E-state index in [0.29, 0.717) is 28.6 Å². The largest absolute Gasteiger partial charge is 0.355 e. The van der Waals surface area contributed by atoms with Crippen molar-refractivity contribution in [1.82, 2.24) is 10.2 Å². The molecule has 1 aliphatic heterocycles. The predicted molar refractivity (Wildman–Crippen MR) is 90.9 cm³/mol. The fourth-order valence-corrected chi connectivity index (χ4v) is 3.48. The first-order valence-electron chi connectivity index (χ1n) is 7.66. The Morgan fingerprint density at radius 1 is 1.36 bits per heavy atom. The van der Waals surface area contributed by atoms with Crippen molar-refractivity contribution in [1.29, 1.82) is 0 Å². The number of hydrogen-bond donors (Lipinski definition) is 1. The summed E-state index contributed by atoms with van der Waals surface area (Å²) >= 11 is 7.12. The van der Waals surface area contributed by atoms with Crippen LogP contribution in [0.2, 0.25) is 5.02 Å². The van der Waals surface area contributed by atoms with Crippen LogP contribution < -0.4 is 5.32 Å². The van der Waals surface area contributed by atoms with Crippen LogP contribution in [-0.2, 0) is 10.5 Å². The lowest BCUT2D eigenvalue weighted by molar-refractivity contribution is -0.118. The maximum absolute atomic E-state index is 13.6. The average molecular weight is 345 g/mol. The number of thioether (sulfide) groups is 1. The minimum atomic E-state index is -0.314. The summed E-state index contributed by atoms with van der Waals surface area (Å²) in [5, 5.41) is 3.31. The van der Waals surface area contributed by atoms with Crippen molar-refractivity contribution in [3.8, 4) is 0 Å². The van der Waals surface area contributed by atoms with Gasteiger partial charge in [-0.05, 0) is 56.6 Å². The molecule has 0 saturated carbocycles. The summed E-state index contributed by atoms with van der Waals surface area (Å²) in [6, 6.07) is 4.63. The molecule has 0 bridgehead atoms. The Hall–Kier alpha value is -0.780. The van der Waals surface area contributed by atoms with Gasteiger partial charge in [-0.2, -0.15) is 0 Å². The number of likely N-dealkylation sites (tertiary alicyclic amines) is 1. The van der Waals surface area contributed by atoms with E-state index in [2.05, 4.69) is 10.2 Å². The van der Waals surface area contributed by atoms with Gasteiger partial charge >= 0.3 is 0 Å². The Balaban J connectivity index is 1.55. The third kappa shape index (κ3) is 6.15. The summed E-state index contributed by atoms with van der Waals surface area (Å²) in [5.41, 5.74) is 0.580. The predicted octanol–water partition coefficient (Wildman–Crippen LogP) is 3.31. The van der Waals surface area contributed by atoms with Gasteiger partial charge in [0.2, 0.25) is 5.91 Å². The Morgan fingerprint density at radius 2 is 2.14 bits per heavy atom. The molecule has 22 heavy (non-hydrogen) atoms. The minimum absolute atomic E-state index is 0.0146. The number of carbonyl (C=O) groups is 1. The topological polar surface area (TPSA) is 32.3 Å². The first-order chi connectivity index (χ1) is 10.6.